The number of nitrogens with one attached hydrogen (secondary N) is 1. The number of aromatic nitrogens is 2. The third kappa shape index (κ3) is 4.74. The number of carbonyl (C=O) groups excluding carboxylic acids is 2. The predicted molar refractivity (Wildman–Crippen MR) is 123 cm³/mol. The number of phenols is 1. The van der Waals surface area contributed by atoms with E-state index in [0.29, 0.717) is 55.6 Å². The number of methoxy groups -OCH3 is 1. The summed E-state index contributed by atoms with van der Waals surface area (Å²) in [5.74, 6) is 0.404. The van der Waals surface area contributed by atoms with Crippen LogP contribution in [0.5, 0.6) is 5.75 Å². The largest absolute Gasteiger partial charge is 0.506 e. The second kappa shape index (κ2) is 9.60. The number of benzene rings is 2. The van der Waals surface area contributed by atoms with E-state index in [4.69, 9.17) is 19.4 Å². The number of hydrogen-bond donors (Lipinski definition) is 2. The standard InChI is InChI=1S/C23H25N5O5/c1-3-33-23(31)28-12-10-27(11-13-28)21-20(24-16-6-4-5-7-17(16)26-21)25-18-9-8-15(14-19(18)29)22(30)32-2/h4-9,14,29H,3,10-13H2,1-2H3,(H,24,25). The Bertz CT molecular complexity index is 1180. The average Bonchev–Trinajstić information content (AvgIpc) is 2.84. The van der Waals surface area contributed by atoms with E-state index in [9.17, 15) is 14.7 Å². The van der Waals surface area contributed by atoms with Gasteiger partial charge in [-0.15, -0.1) is 0 Å². The molecular weight excluding hydrogens is 426 g/mol. The van der Waals surface area contributed by atoms with Crippen LogP contribution in [0.15, 0.2) is 42.5 Å². The lowest BCUT2D eigenvalue weighted by molar-refractivity contribution is 0.0600. The molecule has 10 nitrogen and oxygen atoms in total. The fraction of sp³-hybridized carbons (Fsp3) is 0.304. The summed E-state index contributed by atoms with van der Waals surface area (Å²) >= 11 is 0. The molecule has 0 spiro atoms. The highest BCUT2D eigenvalue weighted by Gasteiger charge is 2.25. The van der Waals surface area contributed by atoms with Crippen LogP contribution < -0.4 is 10.2 Å². The molecule has 4 rings (SSSR count). The summed E-state index contributed by atoms with van der Waals surface area (Å²) in [7, 11) is 1.28. The van der Waals surface area contributed by atoms with E-state index in [-0.39, 0.29) is 17.4 Å². The molecule has 1 amide bonds. The maximum atomic E-state index is 12.0. The summed E-state index contributed by atoms with van der Waals surface area (Å²) in [6.45, 7) is 4.20. The number of para-hydroxylation sites is 2. The van der Waals surface area contributed by atoms with Crippen molar-refractivity contribution in [3.05, 3.63) is 48.0 Å². The number of nitrogens with zero attached hydrogens (tertiary/aromatic N) is 4. The van der Waals surface area contributed by atoms with Crippen molar-refractivity contribution in [2.24, 2.45) is 0 Å². The maximum Gasteiger partial charge on any atom is 0.409 e. The quantitative estimate of drug-likeness (QED) is 0.446. The van der Waals surface area contributed by atoms with Crippen LogP contribution in [0.2, 0.25) is 0 Å². The molecule has 1 saturated heterocycles. The van der Waals surface area contributed by atoms with Gasteiger partial charge in [0.1, 0.15) is 5.75 Å². The molecular formula is C23H25N5O5. The number of piperazine rings is 1. The van der Waals surface area contributed by atoms with Crippen LogP contribution in [0, 0.1) is 0 Å². The number of amides is 1. The molecule has 1 aromatic heterocycles. The van der Waals surface area contributed by atoms with Crippen molar-refractivity contribution in [3.8, 4) is 5.75 Å². The molecule has 172 valence electrons. The van der Waals surface area contributed by atoms with E-state index in [2.05, 4.69) is 5.32 Å². The van der Waals surface area contributed by atoms with Crippen molar-refractivity contribution in [1.29, 1.82) is 0 Å². The lowest BCUT2D eigenvalue weighted by Gasteiger charge is -2.35. The SMILES string of the molecule is CCOC(=O)N1CCN(c2nc3ccccc3nc2Nc2ccc(C(=O)OC)cc2O)CC1. The van der Waals surface area contributed by atoms with Gasteiger partial charge in [-0.05, 0) is 37.3 Å². The lowest BCUT2D eigenvalue weighted by Crippen LogP contribution is -2.49. The smallest absolute Gasteiger partial charge is 0.409 e. The van der Waals surface area contributed by atoms with Crippen molar-refractivity contribution < 1.29 is 24.2 Å². The van der Waals surface area contributed by atoms with Gasteiger partial charge in [0.05, 0.1) is 36.0 Å². The summed E-state index contributed by atoms with van der Waals surface area (Å²) in [4.78, 5) is 37.0. The third-order valence-corrected chi connectivity index (χ3v) is 5.33. The predicted octanol–water partition coefficient (Wildman–Crippen LogP) is 3.14. The molecule has 0 bridgehead atoms. The van der Waals surface area contributed by atoms with Crippen LogP contribution in [0.4, 0.5) is 22.1 Å². The molecule has 0 saturated carbocycles. The Labute approximate surface area is 190 Å². The fourth-order valence-electron chi connectivity index (χ4n) is 3.62. The van der Waals surface area contributed by atoms with Gasteiger partial charge in [-0.25, -0.2) is 19.6 Å². The monoisotopic (exact) mass is 451 g/mol. The normalized spacial score (nSPS) is 13.6. The number of carbonyl (C=O) groups is 2. The molecule has 0 aliphatic carbocycles. The van der Waals surface area contributed by atoms with Crippen molar-refractivity contribution in [1.82, 2.24) is 14.9 Å². The minimum atomic E-state index is -0.539. The first-order valence-electron chi connectivity index (χ1n) is 10.6. The second-order valence-electron chi connectivity index (χ2n) is 7.41. The van der Waals surface area contributed by atoms with Gasteiger partial charge in [0.15, 0.2) is 11.6 Å². The summed E-state index contributed by atoms with van der Waals surface area (Å²) in [6, 6.07) is 12.0. The zero-order valence-corrected chi connectivity index (χ0v) is 18.4. The number of anilines is 3. The molecule has 2 N–H and O–H groups in total. The molecule has 10 heteroatoms. The van der Waals surface area contributed by atoms with E-state index < -0.39 is 5.97 Å². The molecule has 0 atom stereocenters. The molecule has 0 radical (unpaired) electrons. The van der Waals surface area contributed by atoms with Crippen molar-refractivity contribution >= 4 is 40.4 Å². The summed E-state index contributed by atoms with van der Waals surface area (Å²) in [6.07, 6.45) is -0.323. The second-order valence-corrected chi connectivity index (χ2v) is 7.41. The van der Waals surface area contributed by atoms with Gasteiger partial charge in [-0.3, -0.25) is 0 Å². The van der Waals surface area contributed by atoms with Gasteiger partial charge >= 0.3 is 12.1 Å². The molecule has 1 aliphatic rings. The first-order chi connectivity index (χ1) is 16.0. The van der Waals surface area contributed by atoms with Crippen molar-refractivity contribution in [3.63, 3.8) is 0 Å². The Morgan fingerprint density at radius 3 is 2.39 bits per heavy atom. The Morgan fingerprint density at radius 2 is 1.76 bits per heavy atom. The van der Waals surface area contributed by atoms with Crippen LogP contribution >= 0.6 is 0 Å². The fourth-order valence-corrected chi connectivity index (χ4v) is 3.62. The summed E-state index contributed by atoms with van der Waals surface area (Å²) in [5.41, 5.74) is 2.04. The topological polar surface area (TPSA) is 117 Å². The van der Waals surface area contributed by atoms with Crippen LogP contribution in [0.1, 0.15) is 17.3 Å². The Balaban J connectivity index is 1.64. The Kier molecular flexibility index (Phi) is 6.43. The average molecular weight is 451 g/mol. The van der Waals surface area contributed by atoms with Crippen molar-refractivity contribution in [2.45, 2.75) is 6.92 Å². The van der Waals surface area contributed by atoms with Crippen LogP contribution in [0.25, 0.3) is 11.0 Å². The van der Waals surface area contributed by atoms with E-state index in [1.54, 1.807) is 24.0 Å². The number of esters is 1. The first kappa shape index (κ1) is 22.1. The third-order valence-electron chi connectivity index (χ3n) is 5.33. The molecule has 33 heavy (non-hydrogen) atoms. The summed E-state index contributed by atoms with van der Waals surface area (Å²) in [5, 5.41) is 13.6. The number of rotatable bonds is 5. The van der Waals surface area contributed by atoms with E-state index in [0.717, 1.165) is 5.52 Å². The maximum absolute atomic E-state index is 12.0. The highest BCUT2D eigenvalue weighted by Crippen LogP contribution is 2.33. The molecule has 1 aliphatic heterocycles. The first-order valence-corrected chi connectivity index (χ1v) is 10.6. The number of hydrogen-bond acceptors (Lipinski definition) is 9. The highest BCUT2D eigenvalue weighted by molar-refractivity contribution is 5.91. The van der Waals surface area contributed by atoms with Gasteiger partial charge in [0, 0.05) is 26.2 Å². The van der Waals surface area contributed by atoms with E-state index >= 15 is 0 Å². The lowest BCUT2D eigenvalue weighted by atomic mass is 10.2. The zero-order valence-electron chi connectivity index (χ0n) is 18.4. The number of aromatic hydroxyl groups is 1. The number of ether oxygens (including phenoxy) is 2. The minimum absolute atomic E-state index is 0.120. The number of phenolic OH excluding ortho intramolecular Hbond substituents is 1. The molecule has 0 unspecified atom stereocenters. The van der Waals surface area contributed by atoms with E-state index in [1.807, 2.05) is 29.2 Å². The Morgan fingerprint density at radius 1 is 1.06 bits per heavy atom. The minimum Gasteiger partial charge on any atom is -0.506 e. The van der Waals surface area contributed by atoms with Crippen LogP contribution in [0.3, 0.4) is 0 Å². The highest BCUT2D eigenvalue weighted by atomic mass is 16.6. The van der Waals surface area contributed by atoms with Gasteiger partial charge < -0.3 is 29.7 Å². The van der Waals surface area contributed by atoms with Crippen molar-refractivity contribution in [2.75, 3.05) is 50.1 Å². The van der Waals surface area contributed by atoms with Crippen LogP contribution in [-0.2, 0) is 9.47 Å². The van der Waals surface area contributed by atoms with Gasteiger partial charge in [0.2, 0.25) is 0 Å². The zero-order chi connectivity index (χ0) is 23.4. The molecule has 2 heterocycles. The molecule has 2 aromatic carbocycles. The summed E-state index contributed by atoms with van der Waals surface area (Å²) < 4.78 is 9.80. The van der Waals surface area contributed by atoms with Gasteiger partial charge in [-0.1, -0.05) is 12.1 Å². The van der Waals surface area contributed by atoms with Gasteiger partial charge in [0.25, 0.3) is 0 Å². The van der Waals surface area contributed by atoms with E-state index in [1.165, 1.54) is 13.2 Å². The Hall–Kier alpha value is -4.08. The van der Waals surface area contributed by atoms with Crippen LogP contribution in [-0.4, -0.2) is 71.9 Å². The molecule has 1 fully saturated rings. The molecule has 3 aromatic rings. The van der Waals surface area contributed by atoms with Gasteiger partial charge in [-0.2, -0.15) is 0 Å². The number of fused-ring (bicyclic) bond motifs is 1.